The maximum atomic E-state index is 14.3. The largest absolute Gasteiger partial charge is 0.341 e. The fraction of sp³-hybridized carbons (Fsp3) is 0.368. The van der Waals surface area contributed by atoms with Crippen LogP contribution in [0.5, 0.6) is 0 Å². The Hall–Kier alpha value is -3.10. The third-order valence-corrected chi connectivity index (χ3v) is 4.57. The molecule has 3 rings (SSSR count). The minimum Gasteiger partial charge on any atom is -0.341 e. The molecule has 1 aliphatic heterocycles. The number of nitrogens with zero attached hydrogens (tertiary/aromatic N) is 3. The van der Waals surface area contributed by atoms with Crippen molar-refractivity contribution in [1.29, 1.82) is 0 Å². The summed E-state index contributed by atoms with van der Waals surface area (Å²) >= 11 is 0. The van der Waals surface area contributed by atoms with Crippen molar-refractivity contribution in [2.24, 2.45) is 0 Å². The van der Waals surface area contributed by atoms with Gasteiger partial charge in [-0.1, -0.05) is 30.8 Å². The Morgan fingerprint density at radius 1 is 1.46 bits per heavy atom. The second kappa shape index (κ2) is 7.87. The number of likely N-dealkylation sites (tertiary alicyclic amines) is 1. The van der Waals surface area contributed by atoms with Gasteiger partial charge in [0.25, 0.3) is 11.8 Å². The van der Waals surface area contributed by atoms with Gasteiger partial charge in [-0.3, -0.25) is 9.59 Å². The SMILES string of the molecule is C=CC(=O)N1CCC(F)(F)[C@H](NC(=O)c2cccc(-c3noc(CC)n3)c2)C1. The summed E-state index contributed by atoms with van der Waals surface area (Å²) in [6, 6.07) is 4.83. The number of aryl methyl sites for hydroxylation is 1. The van der Waals surface area contributed by atoms with Crippen molar-refractivity contribution in [3.05, 3.63) is 48.4 Å². The van der Waals surface area contributed by atoms with E-state index in [1.807, 2.05) is 6.92 Å². The molecule has 2 aromatic rings. The Morgan fingerprint density at radius 2 is 2.25 bits per heavy atom. The lowest BCUT2D eigenvalue weighted by Gasteiger charge is -2.38. The van der Waals surface area contributed by atoms with Crippen molar-refractivity contribution in [3.8, 4) is 11.4 Å². The van der Waals surface area contributed by atoms with Gasteiger partial charge < -0.3 is 14.7 Å². The number of amides is 2. The molecule has 1 aliphatic rings. The third kappa shape index (κ3) is 4.08. The minimum atomic E-state index is -3.12. The number of aromatic nitrogens is 2. The number of nitrogens with one attached hydrogen (secondary N) is 1. The lowest BCUT2D eigenvalue weighted by atomic mass is 10.00. The summed E-state index contributed by atoms with van der Waals surface area (Å²) in [5.41, 5.74) is 0.721. The molecule has 0 radical (unpaired) electrons. The Labute approximate surface area is 160 Å². The normalized spacial score (nSPS) is 18.5. The van der Waals surface area contributed by atoms with Crippen molar-refractivity contribution >= 4 is 11.8 Å². The third-order valence-electron chi connectivity index (χ3n) is 4.57. The molecule has 0 spiro atoms. The van der Waals surface area contributed by atoms with Crippen LogP contribution >= 0.6 is 0 Å². The zero-order chi connectivity index (χ0) is 20.3. The highest BCUT2D eigenvalue weighted by molar-refractivity contribution is 5.95. The quantitative estimate of drug-likeness (QED) is 0.793. The van der Waals surface area contributed by atoms with Crippen LogP contribution in [-0.2, 0) is 11.2 Å². The lowest BCUT2D eigenvalue weighted by molar-refractivity contribution is -0.135. The van der Waals surface area contributed by atoms with Gasteiger partial charge in [-0.25, -0.2) is 8.78 Å². The number of halogens is 2. The topological polar surface area (TPSA) is 88.3 Å². The highest BCUT2D eigenvalue weighted by atomic mass is 19.3. The summed E-state index contributed by atoms with van der Waals surface area (Å²) in [4.78, 5) is 29.7. The molecule has 1 fully saturated rings. The average molecular weight is 390 g/mol. The van der Waals surface area contributed by atoms with E-state index in [1.165, 1.54) is 17.0 Å². The van der Waals surface area contributed by atoms with Crippen LogP contribution in [0.2, 0.25) is 0 Å². The number of hydrogen-bond donors (Lipinski definition) is 1. The highest BCUT2D eigenvalue weighted by Gasteiger charge is 2.45. The van der Waals surface area contributed by atoms with Gasteiger partial charge in [0.2, 0.25) is 17.6 Å². The first-order valence-corrected chi connectivity index (χ1v) is 8.87. The molecule has 1 aromatic heterocycles. The molecule has 1 saturated heterocycles. The lowest BCUT2D eigenvalue weighted by Crippen LogP contribution is -2.59. The first-order chi connectivity index (χ1) is 13.3. The van der Waals surface area contributed by atoms with Crippen molar-refractivity contribution in [2.45, 2.75) is 31.7 Å². The van der Waals surface area contributed by atoms with E-state index in [0.717, 1.165) is 6.08 Å². The summed E-state index contributed by atoms with van der Waals surface area (Å²) in [6.07, 6.45) is 1.12. The Morgan fingerprint density at radius 3 is 2.93 bits per heavy atom. The van der Waals surface area contributed by atoms with Crippen molar-refractivity contribution < 1.29 is 22.9 Å². The van der Waals surface area contributed by atoms with Crippen LogP contribution in [0, 0.1) is 0 Å². The molecule has 1 atom stereocenters. The molecular weight excluding hydrogens is 370 g/mol. The van der Waals surface area contributed by atoms with Gasteiger partial charge in [0.1, 0.15) is 6.04 Å². The maximum absolute atomic E-state index is 14.3. The van der Waals surface area contributed by atoms with Gasteiger partial charge in [0.15, 0.2) is 0 Å². The molecule has 148 valence electrons. The summed E-state index contributed by atoms with van der Waals surface area (Å²) in [5.74, 6) is -3.45. The maximum Gasteiger partial charge on any atom is 0.271 e. The molecule has 0 unspecified atom stereocenters. The predicted octanol–water partition coefficient (Wildman–Crippen LogP) is 2.45. The minimum absolute atomic E-state index is 0.0860. The van der Waals surface area contributed by atoms with E-state index in [0.29, 0.717) is 23.7 Å². The monoisotopic (exact) mass is 390 g/mol. The van der Waals surface area contributed by atoms with Crippen LogP contribution in [0.1, 0.15) is 29.6 Å². The van der Waals surface area contributed by atoms with Crippen molar-refractivity contribution in [2.75, 3.05) is 13.1 Å². The number of benzene rings is 1. The summed E-state index contributed by atoms with van der Waals surface area (Å²) < 4.78 is 33.6. The molecule has 2 amide bonds. The predicted molar refractivity (Wildman–Crippen MR) is 96.7 cm³/mol. The Kier molecular flexibility index (Phi) is 5.53. The molecule has 0 saturated carbocycles. The van der Waals surface area contributed by atoms with Crippen LogP contribution in [0.15, 0.2) is 41.4 Å². The van der Waals surface area contributed by atoms with Crippen molar-refractivity contribution in [3.63, 3.8) is 0 Å². The van der Waals surface area contributed by atoms with Crippen LogP contribution in [-0.4, -0.2) is 51.9 Å². The molecule has 9 heteroatoms. The zero-order valence-corrected chi connectivity index (χ0v) is 15.3. The number of rotatable bonds is 5. The van der Waals surface area contributed by atoms with Gasteiger partial charge in [-0.2, -0.15) is 4.98 Å². The molecule has 1 N–H and O–H groups in total. The Balaban J connectivity index is 1.77. The van der Waals surface area contributed by atoms with E-state index >= 15 is 0 Å². The summed E-state index contributed by atoms with van der Waals surface area (Å²) in [5, 5.41) is 6.19. The van der Waals surface area contributed by atoms with Gasteiger partial charge in [-0.05, 0) is 18.2 Å². The fourth-order valence-electron chi connectivity index (χ4n) is 2.94. The Bertz CT molecular complexity index is 897. The number of hydrogen-bond acceptors (Lipinski definition) is 5. The molecule has 0 bridgehead atoms. The smallest absolute Gasteiger partial charge is 0.271 e. The zero-order valence-electron chi connectivity index (χ0n) is 15.3. The molecule has 7 nitrogen and oxygen atoms in total. The molecule has 2 heterocycles. The van der Waals surface area contributed by atoms with Gasteiger partial charge in [0, 0.05) is 37.1 Å². The van der Waals surface area contributed by atoms with Gasteiger partial charge in [0.05, 0.1) is 0 Å². The molecule has 28 heavy (non-hydrogen) atoms. The van der Waals surface area contributed by atoms with Crippen LogP contribution in [0.4, 0.5) is 8.78 Å². The van der Waals surface area contributed by atoms with E-state index in [9.17, 15) is 18.4 Å². The van der Waals surface area contributed by atoms with Crippen molar-refractivity contribution in [1.82, 2.24) is 20.4 Å². The van der Waals surface area contributed by atoms with Gasteiger partial charge >= 0.3 is 0 Å². The van der Waals surface area contributed by atoms with Crippen LogP contribution in [0.25, 0.3) is 11.4 Å². The van der Waals surface area contributed by atoms with E-state index in [2.05, 4.69) is 22.0 Å². The average Bonchev–Trinajstić information content (AvgIpc) is 3.18. The molecule has 0 aliphatic carbocycles. The van der Waals surface area contributed by atoms with E-state index in [1.54, 1.807) is 12.1 Å². The van der Waals surface area contributed by atoms with Crippen LogP contribution < -0.4 is 5.32 Å². The summed E-state index contributed by atoms with van der Waals surface area (Å²) in [7, 11) is 0. The number of alkyl halides is 2. The second-order valence-electron chi connectivity index (χ2n) is 6.47. The van der Waals surface area contributed by atoms with E-state index < -0.39 is 30.2 Å². The molecule has 1 aromatic carbocycles. The first-order valence-electron chi connectivity index (χ1n) is 8.87. The van der Waals surface area contributed by atoms with Crippen LogP contribution in [0.3, 0.4) is 0 Å². The first kappa shape index (κ1) is 19.7. The highest BCUT2D eigenvalue weighted by Crippen LogP contribution is 2.29. The van der Waals surface area contributed by atoms with E-state index in [4.69, 9.17) is 4.52 Å². The van der Waals surface area contributed by atoms with Gasteiger partial charge in [-0.15, -0.1) is 0 Å². The number of carbonyl (C=O) groups is 2. The van der Waals surface area contributed by atoms with E-state index in [-0.39, 0.29) is 18.7 Å². The number of carbonyl (C=O) groups excluding carboxylic acids is 2. The molecular formula is C19H20F2N4O3. The standard InChI is InChI=1S/C19H20F2N4O3/c1-3-15-23-17(24-28-15)12-6-5-7-13(10-12)18(27)22-14-11-25(16(26)4-2)9-8-19(14,20)21/h4-7,10,14H,2-3,8-9,11H2,1H3,(H,22,27)/t14-/m1/s1. The summed E-state index contributed by atoms with van der Waals surface area (Å²) in [6.45, 7) is 4.86. The fourth-order valence-corrected chi connectivity index (χ4v) is 2.94. The number of piperidine rings is 1. The second-order valence-corrected chi connectivity index (χ2v) is 6.47.